The summed E-state index contributed by atoms with van der Waals surface area (Å²) >= 11 is 12.5. The van der Waals surface area contributed by atoms with Gasteiger partial charge in [-0.15, -0.1) is 0 Å². The van der Waals surface area contributed by atoms with Crippen LogP contribution in [0.2, 0.25) is 10.0 Å². The number of amides is 1. The second-order valence-corrected chi connectivity index (χ2v) is 8.88. The molecule has 0 atom stereocenters. The second-order valence-electron chi connectivity index (χ2n) is 8.03. The topological polar surface area (TPSA) is 51.5 Å². The first-order valence-corrected chi connectivity index (χ1v) is 11.0. The highest BCUT2D eigenvalue weighted by Gasteiger charge is 2.20. The molecule has 0 aliphatic rings. The molecule has 3 aromatic rings. The highest BCUT2D eigenvalue weighted by atomic mass is 35.5. The standard InChI is InChI=1S/C25H27Cl2NO3/c1-14(2)8-9-28-23(29)10-15(3)19-12-20-21(18-7-6-17(26)11-22(18)27)13-31-25(20)16(4)24(19)30-5/h6-7,10-14H,8-9H2,1-5H3,(H,28,29)/b15-10+. The summed E-state index contributed by atoms with van der Waals surface area (Å²) in [5, 5.41) is 4.95. The van der Waals surface area contributed by atoms with Gasteiger partial charge in [-0.3, -0.25) is 4.79 Å². The van der Waals surface area contributed by atoms with Crippen molar-refractivity contribution >= 4 is 45.7 Å². The number of allylic oxidation sites excluding steroid dienone is 1. The van der Waals surface area contributed by atoms with Crippen molar-refractivity contribution < 1.29 is 13.9 Å². The van der Waals surface area contributed by atoms with Crippen LogP contribution in [0.1, 0.15) is 38.3 Å². The van der Waals surface area contributed by atoms with Gasteiger partial charge in [-0.2, -0.15) is 0 Å². The van der Waals surface area contributed by atoms with Gasteiger partial charge in [-0.25, -0.2) is 0 Å². The summed E-state index contributed by atoms with van der Waals surface area (Å²) in [5.74, 6) is 1.10. The minimum Gasteiger partial charge on any atom is -0.496 e. The van der Waals surface area contributed by atoms with Crippen molar-refractivity contribution in [1.82, 2.24) is 5.32 Å². The Morgan fingerprint density at radius 2 is 1.97 bits per heavy atom. The maximum Gasteiger partial charge on any atom is 0.244 e. The van der Waals surface area contributed by atoms with Gasteiger partial charge in [0.05, 0.1) is 18.4 Å². The fourth-order valence-electron chi connectivity index (χ4n) is 3.60. The molecular weight excluding hydrogens is 433 g/mol. The maximum atomic E-state index is 12.4. The minimum atomic E-state index is -0.119. The molecule has 1 aromatic heterocycles. The SMILES string of the molecule is COc1c(/C(C)=C/C(=O)NCCC(C)C)cc2c(-c3ccc(Cl)cc3Cl)coc2c1C. The van der Waals surface area contributed by atoms with Crippen LogP contribution in [-0.4, -0.2) is 19.6 Å². The number of nitrogens with one attached hydrogen (secondary N) is 1. The van der Waals surface area contributed by atoms with Gasteiger partial charge in [0.1, 0.15) is 11.3 Å². The summed E-state index contributed by atoms with van der Waals surface area (Å²) in [6, 6.07) is 7.37. The Balaban J connectivity index is 2.07. The van der Waals surface area contributed by atoms with Crippen molar-refractivity contribution in [3.05, 3.63) is 57.8 Å². The number of benzene rings is 2. The fourth-order valence-corrected chi connectivity index (χ4v) is 4.11. The lowest BCUT2D eigenvalue weighted by Gasteiger charge is -2.14. The van der Waals surface area contributed by atoms with Gasteiger partial charge in [0.15, 0.2) is 0 Å². The van der Waals surface area contributed by atoms with E-state index < -0.39 is 0 Å². The quantitative estimate of drug-likeness (QED) is 0.377. The van der Waals surface area contributed by atoms with Crippen LogP contribution in [0.5, 0.6) is 5.75 Å². The Morgan fingerprint density at radius 1 is 1.23 bits per heavy atom. The van der Waals surface area contributed by atoms with Crippen LogP contribution < -0.4 is 10.1 Å². The third kappa shape index (κ3) is 5.08. The van der Waals surface area contributed by atoms with Crippen LogP contribution in [0.25, 0.3) is 27.7 Å². The lowest BCUT2D eigenvalue weighted by atomic mass is 9.96. The van der Waals surface area contributed by atoms with Crippen LogP contribution in [0.4, 0.5) is 0 Å². The highest BCUT2D eigenvalue weighted by Crippen LogP contribution is 2.42. The van der Waals surface area contributed by atoms with Crippen LogP contribution >= 0.6 is 23.2 Å². The molecule has 1 amide bonds. The van der Waals surface area contributed by atoms with Gasteiger partial charge in [0, 0.05) is 45.3 Å². The summed E-state index contributed by atoms with van der Waals surface area (Å²) in [6.45, 7) is 8.76. The Hall–Kier alpha value is -2.43. The van der Waals surface area contributed by atoms with E-state index in [9.17, 15) is 4.79 Å². The lowest BCUT2D eigenvalue weighted by molar-refractivity contribution is -0.116. The van der Waals surface area contributed by atoms with Crippen molar-refractivity contribution in [2.45, 2.75) is 34.1 Å². The zero-order chi connectivity index (χ0) is 22.7. The Labute approximate surface area is 193 Å². The third-order valence-electron chi connectivity index (χ3n) is 5.26. The predicted molar refractivity (Wildman–Crippen MR) is 129 cm³/mol. The first-order valence-electron chi connectivity index (χ1n) is 10.2. The first kappa shape index (κ1) is 23.2. The van der Waals surface area contributed by atoms with Crippen molar-refractivity contribution in [2.75, 3.05) is 13.7 Å². The number of carbonyl (C=O) groups is 1. The van der Waals surface area contributed by atoms with E-state index in [0.29, 0.717) is 28.3 Å². The van der Waals surface area contributed by atoms with E-state index >= 15 is 0 Å². The number of rotatable bonds is 7. The number of fused-ring (bicyclic) bond motifs is 1. The van der Waals surface area contributed by atoms with E-state index in [0.717, 1.165) is 45.2 Å². The van der Waals surface area contributed by atoms with Crippen molar-refractivity contribution in [1.29, 1.82) is 0 Å². The van der Waals surface area contributed by atoms with Crippen molar-refractivity contribution in [2.24, 2.45) is 5.92 Å². The molecule has 0 aliphatic carbocycles. The molecule has 0 unspecified atom stereocenters. The fraction of sp³-hybridized carbons (Fsp3) is 0.320. The third-order valence-corrected chi connectivity index (χ3v) is 5.81. The average molecular weight is 460 g/mol. The van der Waals surface area contributed by atoms with Crippen LogP contribution in [0.15, 0.2) is 41.0 Å². The molecule has 31 heavy (non-hydrogen) atoms. The normalized spacial score (nSPS) is 11.9. The largest absolute Gasteiger partial charge is 0.496 e. The zero-order valence-electron chi connectivity index (χ0n) is 18.4. The van der Waals surface area contributed by atoms with Gasteiger partial charge in [0.2, 0.25) is 5.91 Å². The number of methoxy groups -OCH3 is 1. The van der Waals surface area contributed by atoms with E-state index in [1.54, 1.807) is 31.6 Å². The molecular formula is C25H27Cl2NO3. The molecule has 6 heteroatoms. The predicted octanol–water partition coefficient (Wildman–Crippen LogP) is 7.29. The molecule has 3 rings (SSSR count). The molecule has 0 spiro atoms. The van der Waals surface area contributed by atoms with Gasteiger partial charge in [-0.1, -0.05) is 43.1 Å². The summed E-state index contributed by atoms with van der Waals surface area (Å²) in [6.07, 6.45) is 4.24. The Kier molecular flexibility index (Phi) is 7.34. The number of aryl methyl sites for hydroxylation is 1. The highest BCUT2D eigenvalue weighted by molar-refractivity contribution is 6.36. The van der Waals surface area contributed by atoms with Crippen molar-refractivity contribution in [3.63, 3.8) is 0 Å². The molecule has 0 saturated heterocycles. The molecule has 4 nitrogen and oxygen atoms in total. The van der Waals surface area contributed by atoms with E-state index in [1.807, 2.05) is 26.0 Å². The molecule has 0 aliphatic heterocycles. The summed E-state index contributed by atoms with van der Waals surface area (Å²) in [7, 11) is 1.62. The molecule has 2 aromatic carbocycles. The van der Waals surface area contributed by atoms with Crippen LogP contribution in [0.3, 0.4) is 0 Å². The Morgan fingerprint density at radius 3 is 2.61 bits per heavy atom. The molecule has 1 heterocycles. The molecule has 164 valence electrons. The van der Waals surface area contributed by atoms with Crippen LogP contribution in [0, 0.1) is 12.8 Å². The number of carbonyl (C=O) groups excluding carboxylic acids is 1. The summed E-state index contributed by atoms with van der Waals surface area (Å²) < 4.78 is 11.6. The van der Waals surface area contributed by atoms with Crippen molar-refractivity contribution in [3.8, 4) is 16.9 Å². The van der Waals surface area contributed by atoms with E-state index in [-0.39, 0.29) is 5.91 Å². The van der Waals surface area contributed by atoms with E-state index in [2.05, 4.69) is 19.2 Å². The maximum absolute atomic E-state index is 12.4. The Bertz CT molecular complexity index is 1150. The van der Waals surface area contributed by atoms with Gasteiger partial charge < -0.3 is 14.5 Å². The number of hydrogen-bond acceptors (Lipinski definition) is 3. The summed E-state index contributed by atoms with van der Waals surface area (Å²) in [5.41, 5.74) is 4.90. The average Bonchev–Trinajstić information content (AvgIpc) is 3.11. The number of halogens is 2. The zero-order valence-corrected chi connectivity index (χ0v) is 19.9. The first-order chi connectivity index (χ1) is 14.7. The number of hydrogen-bond donors (Lipinski definition) is 1. The van der Waals surface area contributed by atoms with Gasteiger partial charge >= 0.3 is 0 Å². The molecule has 0 bridgehead atoms. The monoisotopic (exact) mass is 459 g/mol. The molecule has 1 N–H and O–H groups in total. The van der Waals surface area contributed by atoms with E-state index in [4.69, 9.17) is 32.4 Å². The van der Waals surface area contributed by atoms with Gasteiger partial charge in [0.25, 0.3) is 0 Å². The number of furan rings is 1. The molecule has 0 radical (unpaired) electrons. The second kappa shape index (κ2) is 9.80. The van der Waals surface area contributed by atoms with Crippen LogP contribution in [-0.2, 0) is 4.79 Å². The minimum absolute atomic E-state index is 0.119. The van der Waals surface area contributed by atoms with E-state index in [1.165, 1.54) is 0 Å². The lowest BCUT2D eigenvalue weighted by Crippen LogP contribution is -2.23. The molecule has 0 fully saturated rings. The number of ether oxygens (including phenoxy) is 1. The van der Waals surface area contributed by atoms with Gasteiger partial charge in [-0.05, 0) is 50.0 Å². The molecule has 0 saturated carbocycles. The smallest absolute Gasteiger partial charge is 0.244 e. The summed E-state index contributed by atoms with van der Waals surface area (Å²) in [4.78, 5) is 12.4.